The lowest BCUT2D eigenvalue weighted by atomic mass is 9.86. The van der Waals surface area contributed by atoms with Gasteiger partial charge in [0.25, 0.3) is 0 Å². The Morgan fingerprint density at radius 1 is 1.44 bits per heavy atom. The van der Waals surface area contributed by atoms with E-state index in [1.54, 1.807) is 18.2 Å². The first kappa shape index (κ1) is 13.0. The van der Waals surface area contributed by atoms with Crippen molar-refractivity contribution in [3.8, 4) is 0 Å². The fourth-order valence-electron chi connectivity index (χ4n) is 2.45. The minimum Gasteiger partial charge on any atom is -0.368 e. The van der Waals surface area contributed by atoms with Gasteiger partial charge in [0.05, 0.1) is 10.6 Å². The molecule has 1 aromatic rings. The van der Waals surface area contributed by atoms with Crippen molar-refractivity contribution in [3.63, 3.8) is 0 Å². The third-order valence-electron chi connectivity index (χ3n) is 3.33. The van der Waals surface area contributed by atoms with E-state index in [0.29, 0.717) is 12.1 Å². The molecule has 0 saturated carbocycles. The number of likely N-dealkylation sites (N-methyl/N-ethyl adjacent to an activating group) is 1. The number of nitrogens with one attached hydrogen (secondary N) is 1. The highest BCUT2D eigenvalue weighted by Crippen LogP contribution is 2.36. The van der Waals surface area contributed by atoms with E-state index >= 15 is 0 Å². The molecule has 1 aliphatic rings. The molecule has 0 fully saturated rings. The Hall–Kier alpha value is -1.40. The van der Waals surface area contributed by atoms with Crippen LogP contribution in [0.2, 0.25) is 0 Å². The van der Waals surface area contributed by atoms with E-state index in [0.717, 1.165) is 0 Å². The van der Waals surface area contributed by atoms with Crippen molar-refractivity contribution in [3.05, 3.63) is 29.8 Å². The van der Waals surface area contributed by atoms with Crippen LogP contribution in [0.5, 0.6) is 0 Å². The fourth-order valence-corrected chi connectivity index (χ4v) is 4.11. The molecule has 1 aromatic carbocycles. The van der Waals surface area contributed by atoms with Crippen LogP contribution < -0.4 is 11.1 Å². The van der Waals surface area contributed by atoms with Gasteiger partial charge in [-0.1, -0.05) is 25.1 Å². The van der Waals surface area contributed by atoms with Crippen LogP contribution in [-0.4, -0.2) is 26.6 Å². The standard InChI is InChI=1S/C12H16N2O3S/c1-2-14-12(11(13)15)7-8-18(16,17)10-6-4-3-5-9(10)12/h3-6,14H,2,7-8H2,1H3,(H2,13,15). The molecule has 0 saturated heterocycles. The first-order chi connectivity index (χ1) is 8.44. The molecular weight excluding hydrogens is 252 g/mol. The molecular formula is C12H16N2O3S. The highest BCUT2D eigenvalue weighted by molar-refractivity contribution is 7.91. The van der Waals surface area contributed by atoms with Gasteiger partial charge in [0.2, 0.25) is 5.91 Å². The van der Waals surface area contributed by atoms with E-state index in [-0.39, 0.29) is 17.1 Å². The zero-order valence-electron chi connectivity index (χ0n) is 10.1. The van der Waals surface area contributed by atoms with E-state index in [2.05, 4.69) is 5.32 Å². The van der Waals surface area contributed by atoms with E-state index in [4.69, 9.17) is 5.73 Å². The molecule has 0 spiro atoms. The van der Waals surface area contributed by atoms with Crippen molar-refractivity contribution in [2.45, 2.75) is 23.8 Å². The van der Waals surface area contributed by atoms with Gasteiger partial charge in [0, 0.05) is 5.56 Å². The van der Waals surface area contributed by atoms with E-state index < -0.39 is 21.3 Å². The monoisotopic (exact) mass is 268 g/mol. The highest BCUT2D eigenvalue weighted by Gasteiger charge is 2.45. The molecule has 2 rings (SSSR count). The number of carbonyl (C=O) groups excluding carboxylic acids is 1. The van der Waals surface area contributed by atoms with Crippen molar-refractivity contribution in [1.82, 2.24) is 5.32 Å². The normalized spacial score (nSPS) is 25.4. The predicted octanol–water partition coefficient (Wildman–Crippen LogP) is 0.154. The molecule has 1 amide bonds. The number of amides is 1. The molecule has 1 unspecified atom stereocenters. The Balaban J connectivity index is 2.70. The quantitative estimate of drug-likeness (QED) is 0.817. The topological polar surface area (TPSA) is 89.3 Å². The number of hydrogen-bond donors (Lipinski definition) is 2. The molecule has 0 radical (unpaired) electrons. The average molecular weight is 268 g/mol. The lowest BCUT2D eigenvalue weighted by Gasteiger charge is -2.36. The Labute approximate surface area is 106 Å². The van der Waals surface area contributed by atoms with Gasteiger partial charge in [-0.2, -0.15) is 0 Å². The number of fused-ring (bicyclic) bond motifs is 1. The lowest BCUT2D eigenvalue weighted by molar-refractivity contribution is -0.125. The molecule has 1 atom stereocenters. The Bertz CT molecular complexity index is 583. The van der Waals surface area contributed by atoms with Crippen LogP contribution in [0, 0.1) is 0 Å². The SMILES string of the molecule is CCNC1(C(N)=O)CCS(=O)(=O)c2ccccc21. The van der Waals surface area contributed by atoms with Crippen molar-refractivity contribution in [1.29, 1.82) is 0 Å². The van der Waals surface area contributed by atoms with Crippen LogP contribution in [0.3, 0.4) is 0 Å². The molecule has 1 heterocycles. The lowest BCUT2D eigenvalue weighted by Crippen LogP contribution is -2.55. The van der Waals surface area contributed by atoms with Crippen LogP contribution >= 0.6 is 0 Å². The van der Waals surface area contributed by atoms with Gasteiger partial charge < -0.3 is 5.73 Å². The van der Waals surface area contributed by atoms with Gasteiger partial charge in [0.15, 0.2) is 9.84 Å². The van der Waals surface area contributed by atoms with Crippen LogP contribution in [0.1, 0.15) is 18.9 Å². The molecule has 0 bridgehead atoms. The van der Waals surface area contributed by atoms with E-state index in [1.165, 1.54) is 6.07 Å². The fraction of sp³-hybridized carbons (Fsp3) is 0.417. The van der Waals surface area contributed by atoms with Crippen molar-refractivity contribution < 1.29 is 13.2 Å². The Kier molecular flexibility index (Phi) is 3.16. The van der Waals surface area contributed by atoms with Gasteiger partial charge in [-0.05, 0) is 19.0 Å². The molecule has 3 N–H and O–H groups in total. The number of nitrogens with two attached hydrogens (primary N) is 1. The number of carbonyl (C=O) groups is 1. The van der Waals surface area contributed by atoms with Gasteiger partial charge in [0.1, 0.15) is 5.54 Å². The predicted molar refractivity (Wildman–Crippen MR) is 67.7 cm³/mol. The summed E-state index contributed by atoms with van der Waals surface area (Å²) < 4.78 is 24.0. The number of hydrogen-bond acceptors (Lipinski definition) is 4. The first-order valence-electron chi connectivity index (χ1n) is 5.81. The summed E-state index contributed by atoms with van der Waals surface area (Å²) in [6.45, 7) is 2.40. The largest absolute Gasteiger partial charge is 0.368 e. The second-order valence-electron chi connectivity index (χ2n) is 4.36. The van der Waals surface area contributed by atoms with Gasteiger partial charge in [-0.15, -0.1) is 0 Å². The van der Waals surface area contributed by atoms with Gasteiger partial charge in [-0.3, -0.25) is 10.1 Å². The third-order valence-corrected chi connectivity index (χ3v) is 5.09. The maximum Gasteiger partial charge on any atom is 0.242 e. The summed E-state index contributed by atoms with van der Waals surface area (Å²) in [5.41, 5.74) is 4.89. The summed E-state index contributed by atoms with van der Waals surface area (Å²) in [7, 11) is -3.31. The molecule has 0 aliphatic carbocycles. The molecule has 1 aliphatic heterocycles. The molecule has 0 aromatic heterocycles. The summed E-state index contributed by atoms with van der Waals surface area (Å²) >= 11 is 0. The summed E-state index contributed by atoms with van der Waals surface area (Å²) in [5, 5.41) is 3.05. The Morgan fingerprint density at radius 3 is 2.72 bits per heavy atom. The van der Waals surface area contributed by atoms with Crippen LogP contribution in [0.4, 0.5) is 0 Å². The third kappa shape index (κ3) is 1.81. The van der Waals surface area contributed by atoms with E-state index in [1.807, 2.05) is 6.92 Å². The van der Waals surface area contributed by atoms with Gasteiger partial charge in [-0.25, -0.2) is 8.42 Å². The highest BCUT2D eigenvalue weighted by atomic mass is 32.2. The number of rotatable bonds is 3. The zero-order valence-corrected chi connectivity index (χ0v) is 11.0. The van der Waals surface area contributed by atoms with Crippen LogP contribution in [0.25, 0.3) is 0 Å². The zero-order chi connectivity index (χ0) is 13.4. The first-order valence-corrected chi connectivity index (χ1v) is 7.46. The van der Waals surface area contributed by atoms with Crippen LogP contribution in [0.15, 0.2) is 29.2 Å². The van der Waals surface area contributed by atoms with Crippen molar-refractivity contribution in [2.75, 3.05) is 12.3 Å². The minimum atomic E-state index is -3.31. The van der Waals surface area contributed by atoms with Crippen molar-refractivity contribution in [2.24, 2.45) is 5.73 Å². The Morgan fingerprint density at radius 2 is 2.11 bits per heavy atom. The summed E-state index contributed by atoms with van der Waals surface area (Å²) in [4.78, 5) is 12.0. The van der Waals surface area contributed by atoms with Crippen LogP contribution in [-0.2, 0) is 20.2 Å². The number of sulfone groups is 1. The molecule has 18 heavy (non-hydrogen) atoms. The average Bonchev–Trinajstić information content (AvgIpc) is 2.33. The summed E-state index contributed by atoms with van der Waals surface area (Å²) in [6, 6.07) is 6.55. The number of primary amides is 1. The number of benzene rings is 1. The second-order valence-corrected chi connectivity index (χ2v) is 6.44. The van der Waals surface area contributed by atoms with E-state index in [9.17, 15) is 13.2 Å². The molecule has 5 nitrogen and oxygen atoms in total. The van der Waals surface area contributed by atoms with Crippen molar-refractivity contribution >= 4 is 15.7 Å². The second kappa shape index (κ2) is 4.37. The molecule has 98 valence electrons. The maximum absolute atomic E-state index is 12.0. The van der Waals surface area contributed by atoms with Gasteiger partial charge >= 0.3 is 0 Å². The summed E-state index contributed by atoms with van der Waals surface area (Å²) in [5.74, 6) is -0.605. The summed E-state index contributed by atoms with van der Waals surface area (Å²) in [6.07, 6.45) is 0.176. The maximum atomic E-state index is 12.0. The molecule has 6 heteroatoms. The minimum absolute atomic E-state index is 0.0695. The smallest absolute Gasteiger partial charge is 0.242 e.